The van der Waals surface area contributed by atoms with Gasteiger partial charge in [0.1, 0.15) is 0 Å². The number of halogens is 2. The van der Waals surface area contributed by atoms with Gasteiger partial charge in [0.15, 0.2) is 0 Å². The second kappa shape index (κ2) is 8.63. The molecule has 0 bridgehead atoms. The number of alkyl halides is 2. The first-order valence-electron chi connectivity index (χ1n) is 8.79. The predicted octanol–water partition coefficient (Wildman–Crippen LogP) is 4.05. The lowest BCUT2D eigenvalue weighted by Gasteiger charge is -2.21. The zero-order chi connectivity index (χ0) is 22.1. The number of hydrogen-bond donors (Lipinski definition) is 0. The number of hydrogen-bond acceptors (Lipinski definition) is 4. The van der Waals surface area contributed by atoms with E-state index in [4.69, 9.17) is 23.2 Å². The van der Waals surface area contributed by atoms with Gasteiger partial charge >= 0.3 is 0 Å². The van der Waals surface area contributed by atoms with Crippen LogP contribution in [0.2, 0.25) is 0 Å². The molecule has 0 aromatic heterocycles. The molecule has 30 heavy (non-hydrogen) atoms. The summed E-state index contributed by atoms with van der Waals surface area (Å²) in [5, 5.41) is -2.16. The molecule has 2 aromatic rings. The normalized spacial score (nSPS) is 22.5. The van der Waals surface area contributed by atoms with Crippen molar-refractivity contribution in [2.24, 2.45) is 8.80 Å². The summed E-state index contributed by atoms with van der Waals surface area (Å²) in [6, 6.07) is 12.4. The Bertz CT molecular complexity index is 1150. The van der Waals surface area contributed by atoms with E-state index in [1.165, 1.54) is 36.4 Å². The van der Waals surface area contributed by atoms with E-state index in [1.807, 2.05) is 13.8 Å². The summed E-state index contributed by atoms with van der Waals surface area (Å²) in [5.41, 5.74) is 1.82. The topological polar surface area (TPSA) is 93.0 Å². The average molecular weight is 485 g/mol. The van der Waals surface area contributed by atoms with Crippen molar-refractivity contribution < 1.29 is 16.8 Å². The van der Waals surface area contributed by atoms with Gasteiger partial charge in [-0.05, 0) is 50.3 Å². The molecule has 0 N–H and O–H groups in total. The first-order valence-corrected chi connectivity index (χ1v) is 12.5. The maximum absolute atomic E-state index is 12.5. The molecule has 0 spiro atoms. The monoisotopic (exact) mass is 484 g/mol. The van der Waals surface area contributed by atoms with Crippen molar-refractivity contribution in [2.45, 2.75) is 34.4 Å². The molecular weight excluding hydrogens is 467 g/mol. The standard InChI is InChI=1S/C20H18Cl2N2O4S2/c1-13-3-7-15(8-4-13)29(25,26)23-17-11-12-18(20(22)19(17)21)24-30(27,28)16-9-5-14(2)6-10-16/h3-12,19-20H,1-2H3/b23-17-,24-18-. The fourth-order valence-corrected chi connectivity index (χ4v) is 5.31. The molecule has 158 valence electrons. The van der Waals surface area contributed by atoms with Gasteiger partial charge in [-0.3, -0.25) is 0 Å². The van der Waals surface area contributed by atoms with Crippen molar-refractivity contribution in [1.82, 2.24) is 0 Å². The van der Waals surface area contributed by atoms with E-state index >= 15 is 0 Å². The van der Waals surface area contributed by atoms with Crippen LogP contribution in [0, 0.1) is 13.8 Å². The number of rotatable bonds is 4. The lowest BCUT2D eigenvalue weighted by Crippen LogP contribution is -2.35. The van der Waals surface area contributed by atoms with Crippen molar-refractivity contribution >= 4 is 54.7 Å². The summed E-state index contributed by atoms with van der Waals surface area (Å²) in [6.07, 6.45) is 2.62. The van der Waals surface area contributed by atoms with Crippen LogP contribution in [0.3, 0.4) is 0 Å². The third kappa shape index (κ3) is 5.00. The molecule has 0 saturated heterocycles. The minimum atomic E-state index is -4.00. The van der Waals surface area contributed by atoms with E-state index in [0.717, 1.165) is 11.1 Å². The zero-order valence-electron chi connectivity index (χ0n) is 16.0. The maximum Gasteiger partial charge on any atom is 0.282 e. The highest BCUT2D eigenvalue weighted by atomic mass is 35.5. The minimum Gasteiger partial charge on any atom is -0.199 e. The SMILES string of the molecule is Cc1ccc(S(=O)(=O)/N=C2C=C/C(=N/S(=O)(=O)c3ccc(C)cc3)C(Cl)C/2Cl)cc1. The van der Waals surface area contributed by atoms with Crippen molar-refractivity contribution in [3.8, 4) is 0 Å². The van der Waals surface area contributed by atoms with Gasteiger partial charge < -0.3 is 0 Å². The highest BCUT2D eigenvalue weighted by molar-refractivity contribution is 7.90. The van der Waals surface area contributed by atoms with Gasteiger partial charge in [-0.15, -0.1) is 23.2 Å². The zero-order valence-corrected chi connectivity index (χ0v) is 19.2. The number of benzene rings is 2. The molecule has 0 heterocycles. The fourth-order valence-electron chi connectivity index (χ4n) is 2.62. The third-order valence-electron chi connectivity index (χ3n) is 4.34. The molecule has 2 unspecified atom stereocenters. The molecule has 0 amide bonds. The average Bonchev–Trinajstić information content (AvgIpc) is 2.68. The van der Waals surface area contributed by atoms with Crippen LogP contribution >= 0.6 is 23.2 Å². The molecule has 1 aliphatic carbocycles. The van der Waals surface area contributed by atoms with Gasteiger partial charge in [0.25, 0.3) is 20.0 Å². The maximum atomic E-state index is 12.5. The summed E-state index contributed by atoms with van der Waals surface area (Å²) >= 11 is 12.6. The summed E-state index contributed by atoms with van der Waals surface area (Å²) in [4.78, 5) is 0.0378. The molecular formula is C20H18Cl2N2O4S2. The molecule has 6 nitrogen and oxygen atoms in total. The number of nitrogens with zero attached hydrogens (tertiary/aromatic N) is 2. The Morgan fingerprint density at radius 3 is 1.23 bits per heavy atom. The van der Waals surface area contributed by atoms with E-state index in [1.54, 1.807) is 24.3 Å². The van der Waals surface area contributed by atoms with Gasteiger partial charge in [-0.25, -0.2) is 0 Å². The van der Waals surface area contributed by atoms with Crippen molar-refractivity contribution in [1.29, 1.82) is 0 Å². The van der Waals surface area contributed by atoms with E-state index < -0.39 is 30.8 Å². The van der Waals surface area contributed by atoms with Crippen LogP contribution in [0.25, 0.3) is 0 Å². The second-order valence-corrected chi connectivity index (χ2v) is 10.9. The Morgan fingerprint density at radius 2 is 0.933 bits per heavy atom. The minimum absolute atomic E-state index is 0.00363. The molecule has 0 fully saturated rings. The van der Waals surface area contributed by atoms with E-state index in [2.05, 4.69) is 8.80 Å². The van der Waals surface area contributed by atoms with Gasteiger partial charge in [0.2, 0.25) is 0 Å². The van der Waals surface area contributed by atoms with Crippen LogP contribution in [0.15, 0.2) is 79.3 Å². The Morgan fingerprint density at radius 1 is 0.633 bits per heavy atom. The van der Waals surface area contributed by atoms with Gasteiger partial charge in [-0.1, -0.05) is 35.4 Å². The third-order valence-corrected chi connectivity index (χ3v) is 8.05. The van der Waals surface area contributed by atoms with Crippen LogP contribution in [-0.4, -0.2) is 39.0 Å². The van der Waals surface area contributed by atoms with Crippen molar-refractivity contribution in [2.75, 3.05) is 0 Å². The van der Waals surface area contributed by atoms with Gasteiger partial charge in [0.05, 0.1) is 32.0 Å². The molecule has 10 heteroatoms. The smallest absolute Gasteiger partial charge is 0.199 e. The predicted molar refractivity (Wildman–Crippen MR) is 120 cm³/mol. The quantitative estimate of drug-likeness (QED) is 0.611. The van der Waals surface area contributed by atoms with Crippen LogP contribution in [0.4, 0.5) is 0 Å². The molecule has 2 atom stereocenters. The first-order chi connectivity index (χ1) is 14.0. The highest BCUT2D eigenvalue weighted by Crippen LogP contribution is 2.24. The molecule has 0 aliphatic heterocycles. The van der Waals surface area contributed by atoms with Gasteiger partial charge in [0, 0.05) is 0 Å². The number of aryl methyl sites for hydroxylation is 2. The van der Waals surface area contributed by atoms with Crippen LogP contribution in [0.1, 0.15) is 11.1 Å². The Hall–Kier alpha value is -2.00. The van der Waals surface area contributed by atoms with E-state index in [0.29, 0.717) is 0 Å². The molecule has 1 aliphatic rings. The van der Waals surface area contributed by atoms with Crippen molar-refractivity contribution in [3.05, 3.63) is 71.8 Å². The Kier molecular flexibility index (Phi) is 6.52. The summed E-state index contributed by atoms with van der Waals surface area (Å²) < 4.78 is 57.7. The van der Waals surface area contributed by atoms with E-state index in [-0.39, 0.29) is 21.2 Å². The Balaban J connectivity index is 1.94. The van der Waals surface area contributed by atoms with Gasteiger partial charge in [-0.2, -0.15) is 25.6 Å². The molecule has 3 rings (SSSR count). The second-order valence-electron chi connectivity index (χ2n) is 6.75. The summed E-state index contributed by atoms with van der Waals surface area (Å²) in [5.74, 6) is 0. The van der Waals surface area contributed by atoms with Crippen molar-refractivity contribution in [3.63, 3.8) is 0 Å². The largest absolute Gasteiger partial charge is 0.282 e. The number of sulfonamides is 2. The number of allylic oxidation sites excluding steroid dienone is 2. The first kappa shape index (κ1) is 22.7. The molecule has 2 aromatic carbocycles. The molecule has 0 radical (unpaired) electrons. The summed E-state index contributed by atoms with van der Waals surface area (Å²) in [6.45, 7) is 3.68. The van der Waals surface area contributed by atoms with Crippen LogP contribution in [-0.2, 0) is 20.0 Å². The molecule has 0 saturated carbocycles. The lowest BCUT2D eigenvalue weighted by atomic mass is 10.0. The summed E-state index contributed by atoms with van der Waals surface area (Å²) in [7, 11) is -7.99. The highest BCUT2D eigenvalue weighted by Gasteiger charge is 2.31. The lowest BCUT2D eigenvalue weighted by molar-refractivity contribution is 0.596. The van der Waals surface area contributed by atoms with E-state index in [9.17, 15) is 16.8 Å². The Labute approximate surface area is 186 Å². The van der Waals surface area contributed by atoms with Crippen LogP contribution < -0.4 is 0 Å². The van der Waals surface area contributed by atoms with Crippen LogP contribution in [0.5, 0.6) is 0 Å². The fraction of sp³-hybridized carbons (Fsp3) is 0.200.